The van der Waals surface area contributed by atoms with E-state index in [0.717, 1.165) is 0 Å². The van der Waals surface area contributed by atoms with Crippen molar-refractivity contribution >= 4 is 44.9 Å². The van der Waals surface area contributed by atoms with Gasteiger partial charge in [0, 0.05) is 5.56 Å². The monoisotopic (exact) mass is 346 g/mol. The smallest absolute Gasteiger partial charge is 0.196 e. The lowest BCUT2D eigenvalue weighted by atomic mass is 10.0. The zero-order chi connectivity index (χ0) is 13.3. The average Bonchev–Trinajstić information content (AvgIpc) is 2.32. The molecule has 1 nitrogen and oxygen atoms in total. The molecule has 0 aliphatic carbocycles. The van der Waals surface area contributed by atoms with Gasteiger partial charge in [0.05, 0.1) is 20.1 Å². The SMILES string of the molecule is O=C(c1ccc(F)c(Br)c1)c1c(Cl)cccc1Cl. The van der Waals surface area contributed by atoms with E-state index in [9.17, 15) is 9.18 Å². The third kappa shape index (κ3) is 2.58. The van der Waals surface area contributed by atoms with E-state index in [0.29, 0.717) is 5.56 Å². The molecule has 2 rings (SSSR count). The van der Waals surface area contributed by atoms with Gasteiger partial charge in [-0.05, 0) is 46.3 Å². The molecule has 0 amide bonds. The third-order valence-corrected chi connectivity index (χ3v) is 3.61. The Kier molecular flexibility index (Phi) is 4.05. The molecule has 0 spiro atoms. The van der Waals surface area contributed by atoms with Crippen LogP contribution in [0.3, 0.4) is 0 Å². The molecule has 0 aliphatic rings. The normalized spacial score (nSPS) is 10.4. The van der Waals surface area contributed by atoms with Gasteiger partial charge in [-0.2, -0.15) is 0 Å². The molecule has 0 atom stereocenters. The molecule has 92 valence electrons. The molecule has 0 N–H and O–H groups in total. The van der Waals surface area contributed by atoms with Gasteiger partial charge in [-0.3, -0.25) is 4.79 Å². The molecule has 0 unspecified atom stereocenters. The largest absolute Gasteiger partial charge is 0.288 e. The summed E-state index contributed by atoms with van der Waals surface area (Å²) in [6, 6.07) is 8.82. The lowest BCUT2D eigenvalue weighted by Crippen LogP contribution is -2.03. The second-order valence-electron chi connectivity index (χ2n) is 3.55. The summed E-state index contributed by atoms with van der Waals surface area (Å²) < 4.78 is 13.3. The topological polar surface area (TPSA) is 17.1 Å². The first kappa shape index (κ1) is 13.5. The van der Waals surface area contributed by atoms with E-state index < -0.39 is 5.82 Å². The maximum absolute atomic E-state index is 13.1. The summed E-state index contributed by atoms with van der Waals surface area (Å²) in [6.07, 6.45) is 0. The number of benzene rings is 2. The highest BCUT2D eigenvalue weighted by atomic mass is 79.9. The molecule has 0 aromatic heterocycles. The summed E-state index contributed by atoms with van der Waals surface area (Å²) in [7, 11) is 0. The number of hydrogen-bond acceptors (Lipinski definition) is 1. The number of halogens is 4. The second-order valence-corrected chi connectivity index (χ2v) is 5.22. The van der Waals surface area contributed by atoms with Crippen molar-refractivity contribution in [3.63, 3.8) is 0 Å². The Balaban J connectivity index is 2.51. The van der Waals surface area contributed by atoms with E-state index >= 15 is 0 Å². The summed E-state index contributed by atoms with van der Waals surface area (Å²) in [6.45, 7) is 0. The highest BCUT2D eigenvalue weighted by Crippen LogP contribution is 2.28. The van der Waals surface area contributed by atoms with E-state index in [4.69, 9.17) is 23.2 Å². The maximum atomic E-state index is 13.1. The van der Waals surface area contributed by atoms with E-state index in [-0.39, 0.29) is 25.9 Å². The van der Waals surface area contributed by atoms with Crippen LogP contribution in [0.1, 0.15) is 15.9 Å². The summed E-state index contributed by atoms with van der Waals surface area (Å²) in [5, 5.41) is 0.542. The third-order valence-electron chi connectivity index (χ3n) is 2.37. The maximum Gasteiger partial charge on any atom is 0.196 e. The van der Waals surface area contributed by atoms with Crippen LogP contribution in [0.5, 0.6) is 0 Å². The fourth-order valence-electron chi connectivity index (χ4n) is 1.50. The Morgan fingerprint density at radius 1 is 1.11 bits per heavy atom. The minimum absolute atomic E-state index is 0.219. The van der Waals surface area contributed by atoms with Crippen molar-refractivity contribution in [3.05, 3.63) is 67.9 Å². The van der Waals surface area contributed by atoms with Crippen LogP contribution in [0.15, 0.2) is 40.9 Å². The molecular formula is C13H6BrCl2FO. The van der Waals surface area contributed by atoms with Crippen molar-refractivity contribution in [2.45, 2.75) is 0 Å². The van der Waals surface area contributed by atoms with Gasteiger partial charge in [0.2, 0.25) is 0 Å². The zero-order valence-corrected chi connectivity index (χ0v) is 12.0. The number of ketones is 1. The summed E-state index contributed by atoms with van der Waals surface area (Å²) in [5.41, 5.74) is 0.539. The lowest BCUT2D eigenvalue weighted by molar-refractivity contribution is 0.103. The van der Waals surface area contributed by atoms with Crippen molar-refractivity contribution < 1.29 is 9.18 Å². The highest BCUT2D eigenvalue weighted by Gasteiger charge is 2.17. The number of carbonyl (C=O) groups excluding carboxylic acids is 1. The molecule has 2 aromatic rings. The minimum Gasteiger partial charge on any atom is -0.288 e. The van der Waals surface area contributed by atoms with Crippen LogP contribution in [0.4, 0.5) is 4.39 Å². The van der Waals surface area contributed by atoms with Crippen LogP contribution in [0.25, 0.3) is 0 Å². The van der Waals surface area contributed by atoms with Gasteiger partial charge in [-0.25, -0.2) is 4.39 Å². The van der Waals surface area contributed by atoms with Crippen molar-refractivity contribution in [1.82, 2.24) is 0 Å². The lowest BCUT2D eigenvalue weighted by Gasteiger charge is -2.06. The summed E-state index contributed by atoms with van der Waals surface area (Å²) in [5.74, 6) is -0.775. The predicted molar refractivity (Wildman–Crippen MR) is 74.0 cm³/mol. The first-order valence-electron chi connectivity index (χ1n) is 4.94. The highest BCUT2D eigenvalue weighted by molar-refractivity contribution is 9.10. The van der Waals surface area contributed by atoms with Crippen LogP contribution >= 0.6 is 39.1 Å². The molecule has 2 aromatic carbocycles. The van der Waals surface area contributed by atoms with Gasteiger partial charge in [0.15, 0.2) is 5.78 Å². The van der Waals surface area contributed by atoms with Gasteiger partial charge >= 0.3 is 0 Å². The van der Waals surface area contributed by atoms with E-state index in [1.807, 2.05) is 0 Å². The fraction of sp³-hybridized carbons (Fsp3) is 0. The van der Waals surface area contributed by atoms with Gasteiger partial charge < -0.3 is 0 Å². The molecule has 0 saturated heterocycles. The van der Waals surface area contributed by atoms with Gasteiger partial charge in [0.25, 0.3) is 0 Å². The average molecular weight is 348 g/mol. The molecular weight excluding hydrogens is 342 g/mol. The Morgan fingerprint density at radius 2 is 1.72 bits per heavy atom. The molecule has 0 bridgehead atoms. The predicted octanol–water partition coefficient (Wildman–Crippen LogP) is 5.13. The van der Waals surface area contributed by atoms with E-state index in [1.165, 1.54) is 18.2 Å². The van der Waals surface area contributed by atoms with Crippen LogP contribution in [0.2, 0.25) is 10.0 Å². The standard InChI is InChI=1S/C13H6BrCl2FO/c14-8-6-7(4-5-11(8)17)13(18)12-9(15)2-1-3-10(12)16/h1-6H. The first-order chi connectivity index (χ1) is 8.50. The van der Waals surface area contributed by atoms with Crippen LogP contribution in [-0.2, 0) is 0 Å². The molecule has 0 fully saturated rings. The Hall–Kier alpha value is -0.900. The zero-order valence-electron chi connectivity index (χ0n) is 8.88. The van der Waals surface area contributed by atoms with Crippen molar-refractivity contribution in [2.24, 2.45) is 0 Å². The second kappa shape index (κ2) is 5.39. The van der Waals surface area contributed by atoms with Gasteiger partial charge in [0.1, 0.15) is 5.82 Å². The van der Waals surface area contributed by atoms with Crippen molar-refractivity contribution in [1.29, 1.82) is 0 Å². The Morgan fingerprint density at radius 3 is 2.28 bits per heavy atom. The quantitative estimate of drug-likeness (QED) is 0.688. The summed E-state index contributed by atoms with van der Waals surface area (Å²) >= 11 is 14.9. The van der Waals surface area contributed by atoms with Gasteiger partial charge in [-0.1, -0.05) is 29.3 Å². The number of carbonyl (C=O) groups is 1. The summed E-state index contributed by atoms with van der Waals surface area (Å²) in [4.78, 5) is 12.2. The van der Waals surface area contributed by atoms with Gasteiger partial charge in [-0.15, -0.1) is 0 Å². The molecule has 18 heavy (non-hydrogen) atoms. The molecule has 0 heterocycles. The van der Waals surface area contributed by atoms with Crippen LogP contribution in [-0.4, -0.2) is 5.78 Å². The number of hydrogen-bond donors (Lipinski definition) is 0. The Labute approximate surface area is 122 Å². The van der Waals surface area contributed by atoms with Crippen LogP contribution in [0, 0.1) is 5.82 Å². The molecule has 5 heteroatoms. The Bertz CT molecular complexity index is 608. The van der Waals surface area contributed by atoms with E-state index in [1.54, 1.807) is 18.2 Å². The van der Waals surface area contributed by atoms with Crippen LogP contribution < -0.4 is 0 Å². The molecule has 0 saturated carbocycles. The van der Waals surface area contributed by atoms with E-state index in [2.05, 4.69) is 15.9 Å². The van der Waals surface area contributed by atoms with Crippen molar-refractivity contribution in [3.8, 4) is 0 Å². The first-order valence-corrected chi connectivity index (χ1v) is 6.49. The minimum atomic E-state index is -0.434. The fourth-order valence-corrected chi connectivity index (χ4v) is 2.44. The molecule has 0 aliphatic heterocycles. The van der Waals surface area contributed by atoms with Crippen molar-refractivity contribution in [2.75, 3.05) is 0 Å². The molecule has 0 radical (unpaired) electrons. The number of rotatable bonds is 2.